The number of methoxy groups -OCH3 is 1. The van der Waals surface area contributed by atoms with Crippen molar-refractivity contribution in [2.75, 3.05) is 19.1 Å². The number of hydrogen-bond acceptors (Lipinski definition) is 5. The molecule has 0 aliphatic carbocycles. The fourth-order valence-corrected chi connectivity index (χ4v) is 3.82. The van der Waals surface area contributed by atoms with Gasteiger partial charge in [-0.2, -0.15) is 0 Å². The van der Waals surface area contributed by atoms with Crippen molar-refractivity contribution in [2.45, 2.75) is 43.8 Å². The van der Waals surface area contributed by atoms with Gasteiger partial charge < -0.3 is 15.0 Å². The average molecular weight is 291 g/mol. The van der Waals surface area contributed by atoms with Crippen LogP contribution in [-0.4, -0.2) is 37.2 Å². The molecule has 6 heteroatoms. The first-order chi connectivity index (χ1) is 10.1. The highest BCUT2D eigenvalue weighted by Crippen LogP contribution is 2.41. The maximum absolute atomic E-state index is 11.2. The van der Waals surface area contributed by atoms with Gasteiger partial charge in [0.05, 0.1) is 12.0 Å². The average Bonchev–Trinajstić information content (AvgIpc) is 2.76. The summed E-state index contributed by atoms with van der Waals surface area (Å²) in [6.45, 7) is 0. The first kappa shape index (κ1) is 14.1. The van der Waals surface area contributed by atoms with E-state index in [2.05, 4.69) is 10.2 Å². The number of fused-ring (bicyclic) bond motifs is 2. The molecule has 21 heavy (non-hydrogen) atoms. The van der Waals surface area contributed by atoms with Gasteiger partial charge in [0.2, 0.25) is 0 Å². The summed E-state index contributed by atoms with van der Waals surface area (Å²) < 4.78 is 5.08. The van der Waals surface area contributed by atoms with E-state index < -0.39 is 0 Å². The Hall–Kier alpha value is -1.82. The van der Waals surface area contributed by atoms with Gasteiger partial charge in [0.15, 0.2) is 5.75 Å². The Bertz CT molecular complexity index is 535. The number of anilines is 1. The number of nitro benzene ring substituents is 1. The minimum atomic E-state index is -0.370. The number of hydrogen-bond donors (Lipinski definition) is 1. The summed E-state index contributed by atoms with van der Waals surface area (Å²) in [5, 5.41) is 14.6. The monoisotopic (exact) mass is 291 g/mol. The summed E-state index contributed by atoms with van der Waals surface area (Å²) >= 11 is 0. The molecule has 2 heterocycles. The second kappa shape index (κ2) is 5.52. The van der Waals surface area contributed by atoms with Gasteiger partial charge in [-0.15, -0.1) is 0 Å². The predicted octanol–water partition coefficient (Wildman–Crippen LogP) is 2.32. The van der Waals surface area contributed by atoms with Gasteiger partial charge in [-0.25, -0.2) is 0 Å². The standard InChI is InChI=1S/C15H21N3O3/c1-16-10-7-11-3-4-12(8-10)17(11)13-5-6-15(21-2)14(9-13)18(19)20/h5-6,9-12,16H,3-4,7-8H2,1-2H3. The van der Waals surface area contributed by atoms with Crippen molar-refractivity contribution in [3.05, 3.63) is 28.3 Å². The summed E-state index contributed by atoms with van der Waals surface area (Å²) in [4.78, 5) is 13.2. The number of nitrogens with zero attached hydrogens (tertiary/aromatic N) is 2. The van der Waals surface area contributed by atoms with Crippen LogP contribution >= 0.6 is 0 Å². The smallest absolute Gasteiger partial charge is 0.312 e. The van der Waals surface area contributed by atoms with Crippen LogP contribution in [-0.2, 0) is 0 Å². The van der Waals surface area contributed by atoms with Crippen LogP contribution in [0.4, 0.5) is 11.4 Å². The van der Waals surface area contributed by atoms with E-state index in [1.165, 1.54) is 20.0 Å². The van der Waals surface area contributed by atoms with Gasteiger partial charge in [-0.3, -0.25) is 10.1 Å². The lowest BCUT2D eigenvalue weighted by Crippen LogP contribution is -2.48. The molecule has 2 aliphatic heterocycles. The summed E-state index contributed by atoms with van der Waals surface area (Å²) in [6.07, 6.45) is 4.55. The zero-order chi connectivity index (χ0) is 15.0. The molecule has 2 unspecified atom stereocenters. The second-order valence-electron chi connectivity index (χ2n) is 5.86. The molecular weight excluding hydrogens is 270 g/mol. The molecule has 0 radical (unpaired) electrons. The molecule has 2 aliphatic rings. The minimum Gasteiger partial charge on any atom is -0.490 e. The van der Waals surface area contributed by atoms with Gasteiger partial charge in [0.1, 0.15) is 0 Å². The Morgan fingerprint density at radius 3 is 2.52 bits per heavy atom. The van der Waals surface area contributed by atoms with E-state index in [-0.39, 0.29) is 10.6 Å². The van der Waals surface area contributed by atoms with Crippen LogP contribution in [0.5, 0.6) is 5.75 Å². The molecule has 0 aromatic heterocycles. The molecule has 3 rings (SSSR count). The maximum Gasteiger partial charge on any atom is 0.312 e. The van der Waals surface area contributed by atoms with Crippen LogP contribution in [0.1, 0.15) is 25.7 Å². The lowest BCUT2D eigenvalue weighted by molar-refractivity contribution is -0.385. The van der Waals surface area contributed by atoms with Crippen molar-refractivity contribution in [1.29, 1.82) is 0 Å². The van der Waals surface area contributed by atoms with E-state index in [4.69, 9.17) is 4.74 Å². The Balaban J connectivity index is 1.91. The number of benzene rings is 1. The SMILES string of the molecule is CNC1CC2CCC(C1)N2c1ccc(OC)c([N+](=O)[O-])c1. The molecule has 1 N–H and O–H groups in total. The van der Waals surface area contributed by atoms with Crippen LogP contribution in [0.25, 0.3) is 0 Å². The fraction of sp³-hybridized carbons (Fsp3) is 0.600. The molecule has 2 saturated heterocycles. The first-order valence-corrected chi connectivity index (χ1v) is 7.42. The van der Waals surface area contributed by atoms with E-state index in [0.717, 1.165) is 18.5 Å². The molecular formula is C15H21N3O3. The third-order valence-corrected chi connectivity index (χ3v) is 4.80. The third-order valence-electron chi connectivity index (χ3n) is 4.80. The lowest BCUT2D eigenvalue weighted by Gasteiger charge is -2.40. The number of nitro groups is 1. The van der Waals surface area contributed by atoms with Crippen LogP contribution < -0.4 is 15.0 Å². The van der Waals surface area contributed by atoms with Gasteiger partial charge in [0.25, 0.3) is 0 Å². The molecule has 0 saturated carbocycles. The summed E-state index contributed by atoms with van der Waals surface area (Å²) in [5.41, 5.74) is 0.995. The van der Waals surface area contributed by atoms with Crippen molar-refractivity contribution in [3.8, 4) is 5.75 Å². The third kappa shape index (κ3) is 2.44. The van der Waals surface area contributed by atoms with Crippen LogP contribution in [0.3, 0.4) is 0 Å². The summed E-state index contributed by atoms with van der Waals surface area (Å²) in [5.74, 6) is 0.321. The highest BCUT2D eigenvalue weighted by Gasteiger charge is 2.40. The Morgan fingerprint density at radius 2 is 2.00 bits per heavy atom. The van der Waals surface area contributed by atoms with Crippen molar-refractivity contribution in [2.24, 2.45) is 0 Å². The van der Waals surface area contributed by atoms with Gasteiger partial charge >= 0.3 is 5.69 Å². The quantitative estimate of drug-likeness (QED) is 0.681. The topological polar surface area (TPSA) is 67.6 Å². The Kier molecular flexibility index (Phi) is 3.71. The molecule has 1 aromatic rings. The van der Waals surface area contributed by atoms with Gasteiger partial charge in [-0.05, 0) is 44.9 Å². The zero-order valence-corrected chi connectivity index (χ0v) is 12.4. The fourth-order valence-electron chi connectivity index (χ4n) is 3.82. The highest BCUT2D eigenvalue weighted by atomic mass is 16.6. The summed E-state index contributed by atoms with van der Waals surface area (Å²) in [6, 6.07) is 6.83. The molecule has 2 fully saturated rings. The van der Waals surface area contributed by atoms with Crippen LogP contribution in [0, 0.1) is 10.1 Å². The van der Waals surface area contributed by atoms with E-state index >= 15 is 0 Å². The predicted molar refractivity (Wildman–Crippen MR) is 81.0 cm³/mol. The van der Waals surface area contributed by atoms with E-state index in [0.29, 0.717) is 23.9 Å². The molecule has 2 bridgehead atoms. The highest BCUT2D eigenvalue weighted by molar-refractivity contribution is 5.61. The van der Waals surface area contributed by atoms with E-state index in [9.17, 15) is 10.1 Å². The zero-order valence-electron chi connectivity index (χ0n) is 12.4. The summed E-state index contributed by atoms with van der Waals surface area (Å²) in [7, 11) is 3.47. The van der Waals surface area contributed by atoms with Crippen molar-refractivity contribution < 1.29 is 9.66 Å². The Morgan fingerprint density at radius 1 is 1.33 bits per heavy atom. The lowest BCUT2D eigenvalue weighted by atomic mass is 9.96. The van der Waals surface area contributed by atoms with Crippen LogP contribution in [0.2, 0.25) is 0 Å². The Labute approximate surface area is 124 Å². The number of piperidine rings is 1. The van der Waals surface area contributed by atoms with Crippen molar-refractivity contribution >= 4 is 11.4 Å². The molecule has 1 aromatic carbocycles. The van der Waals surface area contributed by atoms with Gasteiger partial charge in [0, 0.05) is 29.9 Å². The molecule has 2 atom stereocenters. The van der Waals surface area contributed by atoms with E-state index in [1.807, 2.05) is 13.1 Å². The van der Waals surface area contributed by atoms with Crippen molar-refractivity contribution in [1.82, 2.24) is 5.32 Å². The largest absolute Gasteiger partial charge is 0.490 e. The molecule has 114 valence electrons. The minimum absolute atomic E-state index is 0.0464. The normalized spacial score (nSPS) is 27.7. The number of rotatable bonds is 4. The van der Waals surface area contributed by atoms with Crippen molar-refractivity contribution in [3.63, 3.8) is 0 Å². The maximum atomic E-state index is 11.2. The van der Waals surface area contributed by atoms with Crippen LogP contribution in [0.15, 0.2) is 18.2 Å². The molecule has 0 spiro atoms. The molecule has 0 amide bonds. The number of ether oxygens (including phenoxy) is 1. The van der Waals surface area contributed by atoms with Gasteiger partial charge in [-0.1, -0.05) is 0 Å². The number of nitrogens with one attached hydrogen (secondary N) is 1. The van der Waals surface area contributed by atoms with E-state index in [1.54, 1.807) is 12.1 Å². The molecule has 6 nitrogen and oxygen atoms in total. The first-order valence-electron chi connectivity index (χ1n) is 7.42. The second-order valence-corrected chi connectivity index (χ2v) is 5.86.